The first-order chi connectivity index (χ1) is 8.79. The standard InChI is InChI=1S/C11H12ClF3N2O2/c12-8-7(6-3-1-2-4-6)9(18)17(10(19)16-8)5-11(13,14)15/h6H,1-5H2,(H,16,19). The Hall–Kier alpha value is -1.24. The van der Waals surface area contributed by atoms with Crippen molar-refractivity contribution in [3.63, 3.8) is 0 Å². The van der Waals surface area contributed by atoms with Gasteiger partial charge in [0.15, 0.2) is 0 Å². The minimum atomic E-state index is -4.63. The lowest BCUT2D eigenvalue weighted by Gasteiger charge is -2.14. The van der Waals surface area contributed by atoms with Crippen LogP contribution >= 0.6 is 11.6 Å². The van der Waals surface area contributed by atoms with E-state index in [2.05, 4.69) is 4.98 Å². The number of hydrogen-bond donors (Lipinski definition) is 1. The van der Waals surface area contributed by atoms with Gasteiger partial charge in [0, 0.05) is 0 Å². The first kappa shape index (κ1) is 14.2. The molecule has 1 aliphatic carbocycles. The highest BCUT2D eigenvalue weighted by molar-refractivity contribution is 6.30. The second-order valence-corrected chi connectivity index (χ2v) is 5.02. The Kier molecular flexibility index (Phi) is 3.75. The number of aromatic amines is 1. The van der Waals surface area contributed by atoms with Crippen molar-refractivity contribution in [2.75, 3.05) is 0 Å². The first-order valence-corrected chi connectivity index (χ1v) is 6.26. The lowest BCUT2D eigenvalue weighted by molar-refractivity contribution is -0.141. The molecule has 0 spiro atoms. The summed E-state index contributed by atoms with van der Waals surface area (Å²) in [6.45, 7) is -1.60. The molecule has 4 nitrogen and oxygen atoms in total. The highest BCUT2D eigenvalue weighted by atomic mass is 35.5. The van der Waals surface area contributed by atoms with E-state index in [4.69, 9.17) is 11.6 Å². The summed E-state index contributed by atoms with van der Waals surface area (Å²) in [6.07, 6.45) is -1.42. The molecule has 1 aromatic heterocycles. The number of nitrogens with one attached hydrogen (secondary N) is 1. The smallest absolute Gasteiger partial charge is 0.297 e. The molecule has 1 saturated carbocycles. The van der Waals surface area contributed by atoms with Gasteiger partial charge >= 0.3 is 11.9 Å². The molecule has 0 saturated heterocycles. The molecule has 0 amide bonds. The van der Waals surface area contributed by atoms with Gasteiger partial charge in [-0.1, -0.05) is 24.4 Å². The lowest BCUT2D eigenvalue weighted by atomic mass is 10.0. The van der Waals surface area contributed by atoms with Crippen LogP contribution in [0.3, 0.4) is 0 Å². The monoisotopic (exact) mass is 296 g/mol. The fourth-order valence-corrected chi connectivity index (χ4v) is 2.77. The van der Waals surface area contributed by atoms with Gasteiger partial charge in [0.1, 0.15) is 11.7 Å². The molecule has 1 aliphatic rings. The second-order valence-electron chi connectivity index (χ2n) is 4.65. The third-order valence-electron chi connectivity index (χ3n) is 3.27. The molecule has 1 aromatic rings. The van der Waals surface area contributed by atoms with Crippen LogP contribution in [0.15, 0.2) is 9.59 Å². The number of aromatic nitrogens is 2. The van der Waals surface area contributed by atoms with Crippen molar-refractivity contribution in [2.45, 2.75) is 44.3 Å². The van der Waals surface area contributed by atoms with Crippen LogP contribution in [-0.4, -0.2) is 15.7 Å². The van der Waals surface area contributed by atoms with Crippen molar-refractivity contribution in [1.29, 1.82) is 0 Å². The summed E-state index contributed by atoms with van der Waals surface area (Å²) in [6, 6.07) is 0. The minimum Gasteiger partial charge on any atom is -0.297 e. The molecule has 1 fully saturated rings. The fraction of sp³-hybridized carbons (Fsp3) is 0.636. The van der Waals surface area contributed by atoms with Gasteiger partial charge in [-0.3, -0.25) is 14.3 Å². The Balaban J connectivity index is 2.53. The fourth-order valence-electron chi connectivity index (χ4n) is 2.45. The van der Waals surface area contributed by atoms with Gasteiger partial charge in [-0.05, 0) is 18.8 Å². The normalized spacial score (nSPS) is 17.1. The summed E-state index contributed by atoms with van der Waals surface area (Å²) < 4.78 is 37.3. The van der Waals surface area contributed by atoms with E-state index in [9.17, 15) is 22.8 Å². The van der Waals surface area contributed by atoms with E-state index < -0.39 is 24.0 Å². The SMILES string of the molecule is O=c1[nH]c(Cl)c(C2CCCC2)c(=O)n1CC(F)(F)F. The zero-order valence-corrected chi connectivity index (χ0v) is 10.6. The van der Waals surface area contributed by atoms with Crippen LogP contribution in [0.4, 0.5) is 13.2 Å². The maximum absolute atomic E-state index is 12.4. The van der Waals surface area contributed by atoms with Crippen LogP contribution in [0.2, 0.25) is 5.15 Å². The molecule has 1 heterocycles. The predicted molar refractivity (Wildman–Crippen MR) is 63.6 cm³/mol. The van der Waals surface area contributed by atoms with E-state index >= 15 is 0 Å². The molecule has 0 aromatic carbocycles. The Labute approximate surface area is 111 Å². The second kappa shape index (κ2) is 5.03. The van der Waals surface area contributed by atoms with E-state index in [0.29, 0.717) is 12.8 Å². The van der Waals surface area contributed by atoms with Gasteiger partial charge in [-0.2, -0.15) is 13.2 Å². The third-order valence-corrected chi connectivity index (χ3v) is 3.57. The summed E-state index contributed by atoms with van der Waals surface area (Å²) >= 11 is 5.81. The number of hydrogen-bond acceptors (Lipinski definition) is 2. The Morgan fingerprint density at radius 3 is 2.37 bits per heavy atom. The van der Waals surface area contributed by atoms with Crippen LogP contribution in [0.5, 0.6) is 0 Å². The number of rotatable bonds is 2. The van der Waals surface area contributed by atoms with Gasteiger partial charge in [0.05, 0.1) is 5.56 Å². The maximum Gasteiger partial charge on any atom is 0.406 e. The summed E-state index contributed by atoms with van der Waals surface area (Å²) in [4.78, 5) is 25.6. The van der Waals surface area contributed by atoms with Gasteiger partial charge < -0.3 is 0 Å². The van der Waals surface area contributed by atoms with E-state index in [1.54, 1.807) is 0 Å². The molecule has 8 heteroatoms. The molecule has 0 aliphatic heterocycles. The molecular formula is C11H12ClF3N2O2. The molecule has 19 heavy (non-hydrogen) atoms. The van der Waals surface area contributed by atoms with Crippen LogP contribution < -0.4 is 11.2 Å². The Morgan fingerprint density at radius 2 is 1.84 bits per heavy atom. The summed E-state index contributed by atoms with van der Waals surface area (Å²) in [5.41, 5.74) is -1.96. The predicted octanol–water partition coefficient (Wildman–Crippen LogP) is 2.41. The molecule has 0 atom stereocenters. The number of alkyl halides is 3. The number of halogens is 4. The summed E-state index contributed by atoms with van der Waals surface area (Å²) in [7, 11) is 0. The van der Waals surface area contributed by atoms with Gasteiger partial charge in [0.25, 0.3) is 5.56 Å². The van der Waals surface area contributed by atoms with Gasteiger partial charge in [-0.25, -0.2) is 4.79 Å². The van der Waals surface area contributed by atoms with Crippen molar-refractivity contribution in [1.82, 2.24) is 9.55 Å². The van der Waals surface area contributed by atoms with Crippen molar-refractivity contribution in [3.05, 3.63) is 31.6 Å². The minimum absolute atomic E-state index is 0.100. The highest BCUT2D eigenvalue weighted by Crippen LogP contribution is 2.34. The largest absolute Gasteiger partial charge is 0.406 e. The van der Waals surface area contributed by atoms with Crippen molar-refractivity contribution < 1.29 is 13.2 Å². The van der Waals surface area contributed by atoms with Crippen molar-refractivity contribution in [3.8, 4) is 0 Å². The van der Waals surface area contributed by atoms with E-state index in [0.717, 1.165) is 12.8 Å². The Bertz CT molecular complexity index is 585. The van der Waals surface area contributed by atoms with E-state index in [1.807, 2.05) is 0 Å². The van der Waals surface area contributed by atoms with Crippen LogP contribution in [0.25, 0.3) is 0 Å². The highest BCUT2D eigenvalue weighted by Gasteiger charge is 2.32. The topological polar surface area (TPSA) is 54.9 Å². The van der Waals surface area contributed by atoms with Crippen molar-refractivity contribution in [2.24, 2.45) is 0 Å². The van der Waals surface area contributed by atoms with Crippen LogP contribution in [0.1, 0.15) is 37.2 Å². The molecule has 0 bridgehead atoms. The first-order valence-electron chi connectivity index (χ1n) is 5.89. The lowest BCUT2D eigenvalue weighted by Crippen LogP contribution is -2.41. The molecule has 1 N–H and O–H groups in total. The summed E-state index contributed by atoms with van der Waals surface area (Å²) in [5.74, 6) is -0.170. The van der Waals surface area contributed by atoms with E-state index in [-0.39, 0.29) is 21.2 Å². The van der Waals surface area contributed by atoms with Crippen LogP contribution in [0, 0.1) is 0 Å². The maximum atomic E-state index is 12.4. The average Bonchev–Trinajstić information content (AvgIpc) is 2.76. The van der Waals surface area contributed by atoms with Gasteiger partial charge in [-0.15, -0.1) is 0 Å². The van der Waals surface area contributed by atoms with Gasteiger partial charge in [0.2, 0.25) is 0 Å². The number of H-pyrrole nitrogens is 1. The zero-order chi connectivity index (χ0) is 14.2. The molecule has 2 rings (SSSR count). The zero-order valence-electron chi connectivity index (χ0n) is 9.89. The third kappa shape index (κ3) is 3.02. The Morgan fingerprint density at radius 1 is 1.26 bits per heavy atom. The molecule has 0 radical (unpaired) electrons. The molecule has 0 unspecified atom stereocenters. The summed E-state index contributed by atoms with van der Waals surface area (Å²) in [5, 5.41) is -0.139. The molecule has 106 valence electrons. The number of nitrogens with zero attached hydrogens (tertiary/aromatic N) is 1. The van der Waals surface area contributed by atoms with Crippen LogP contribution in [-0.2, 0) is 6.54 Å². The average molecular weight is 297 g/mol. The van der Waals surface area contributed by atoms with Crippen molar-refractivity contribution >= 4 is 11.6 Å². The quantitative estimate of drug-likeness (QED) is 0.852. The van der Waals surface area contributed by atoms with E-state index in [1.165, 1.54) is 0 Å². The molecular weight excluding hydrogens is 285 g/mol.